The van der Waals surface area contributed by atoms with Crippen LogP contribution in [0.15, 0.2) is 0 Å². The van der Waals surface area contributed by atoms with Crippen LogP contribution in [0.4, 0.5) is 0 Å². The van der Waals surface area contributed by atoms with Crippen LogP contribution in [0.5, 0.6) is 0 Å². The minimum atomic E-state index is 0. The van der Waals surface area contributed by atoms with Crippen molar-refractivity contribution < 1.29 is 4.79 Å². The Bertz CT molecular complexity index is 402. The highest BCUT2D eigenvalue weighted by Crippen LogP contribution is 2.61. The van der Waals surface area contributed by atoms with E-state index in [4.69, 9.17) is 5.73 Å². The van der Waals surface area contributed by atoms with Crippen molar-refractivity contribution in [2.45, 2.75) is 64.2 Å². The number of rotatable bonds is 4. The molecule has 5 rings (SSSR count). The molecule has 132 valence electrons. The summed E-state index contributed by atoms with van der Waals surface area (Å²) in [5.41, 5.74) is 6.11. The molecule has 1 heterocycles. The smallest absolute Gasteiger partial charge is 0.223 e. The van der Waals surface area contributed by atoms with Gasteiger partial charge < -0.3 is 10.6 Å². The van der Waals surface area contributed by atoms with Crippen molar-refractivity contribution in [1.82, 2.24) is 4.90 Å². The number of carbonyl (C=O) groups is 1. The van der Waals surface area contributed by atoms with Crippen molar-refractivity contribution in [3.05, 3.63) is 0 Å². The first-order chi connectivity index (χ1) is 10.7. The van der Waals surface area contributed by atoms with Crippen molar-refractivity contribution in [2.75, 3.05) is 19.6 Å². The summed E-state index contributed by atoms with van der Waals surface area (Å²) in [6.07, 6.45) is 12.8. The molecule has 4 bridgehead atoms. The molecule has 0 radical (unpaired) electrons. The van der Waals surface area contributed by atoms with Crippen LogP contribution >= 0.6 is 12.4 Å². The van der Waals surface area contributed by atoms with Crippen LogP contribution in [0, 0.1) is 29.1 Å². The molecule has 1 saturated heterocycles. The summed E-state index contributed by atoms with van der Waals surface area (Å²) in [5, 5.41) is 0. The van der Waals surface area contributed by atoms with Crippen molar-refractivity contribution in [3.8, 4) is 0 Å². The van der Waals surface area contributed by atoms with Crippen molar-refractivity contribution in [1.29, 1.82) is 0 Å². The molecule has 1 aliphatic heterocycles. The minimum Gasteiger partial charge on any atom is -0.342 e. The standard InChI is InChI=1S/C19H32N2O.ClH/c20-4-3-14-2-1-5-21(13-14)18(22)12-19-9-15-6-16(10-19)8-17(7-15)11-19;/h14-17H,1-13,20H2;1H. The highest BCUT2D eigenvalue weighted by molar-refractivity contribution is 5.85. The Morgan fingerprint density at radius 3 is 2.26 bits per heavy atom. The average molecular weight is 341 g/mol. The van der Waals surface area contributed by atoms with E-state index < -0.39 is 0 Å². The second kappa shape index (κ2) is 6.92. The van der Waals surface area contributed by atoms with Gasteiger partial charge in [0.15, 0.2) is 0 Å². The molecule has 2 N–H and O–H groups in total. The van der Waals surface area contributed by atoms with E-state index in [9.17, 15) is 4.79 Å². The second-order valence-electron chi connectivity index (χ2n) is 9.02. The number of likely N-dealkylation sites (tertiary alicyclic amines) is 1. The zero-order valence-electron chi connectivity index (χ0n) is 14.3. The lowest BCUT2D eigenvalue weighted by Crippen LogP contribution is -2.49. The first-order valence-electron chi connectivity index (χ1n) is 9.64. The molecular weight excluding hydrogens is 308 g/mol. The van der Waals surface area contributed by atoms with E-state index in [0.29, 0.717) is 17.2 Å². The molecular formula is C19H33ClN2O. The lowest BCUT2D eigenvalue weighted by atomic mass is 9.49. The van der Waals surface area contributed by atoms with Gasteiger partial charge in [0.1, 0.15) is 0 Å². The normalized spacial score (nSPS) is 41.7. The fourth-order valence-electron chi connectivity index (χ4n) is 6.70. The number of amides is 1. The molecule has 0 aromatic rings. The van der Waals surface area contributed by atoms with Gasteiger partial charge in [0, 0.05) is 19.5 Å². The number of carbonyl (C=O) groups excluding carboxylic acids is 1. The molecule has 5 aliphatic rings. The number of hydrogen-bond acceptors (Lipinski definition) is 2. The highest BCUT2D eigenvalue weighted by atomic mass is 35.5. The van der Waals surface area contributed by atoms with Crippen LogP contribution in [-0.2, 0) is 4.79 Å². The molecule has 23 heavy (non-hydrogen) atoms. The maximum atomic E-state index is 12.9. The van der Waals surface area contributed by atoms with Gasteiger partial charge in [-0.25, -0.2) is 0 Å². The van der Waals surface area contributed by atoms with Crippen LogP contribution in [0.2, 0.25) is 0 Å². The van der Waals surface area contributed by atoms with Crippen LogP contribution in [0.25, 0.3) is 0 Å². The van der Waals surface area contributed by atoms with Crippen molar-refractivity contribution >= 4 is 18.3 Å². The Balaban J connectivity index is 0.00000156. The van der Waals surface area contributed by atoms with Crippen LogP contribution < -0.4 is 5.73 Å². The molecule has 4 aliphatic carbocycles. The lowest BCUT2D eigenvalue weighted by Gasteiger charge is -2.57. The molecule has 5 fully saturated rings. The molecule has 0 spiro atoms. The third-order valence-corrected chi connectivity index (χ3v) is 7.14. The topological polar surface area (TPSA) is 46.3 Å². The van der Waals surface area contributed by atoms with Gasteiger partial charge in [0.05, 0.1) is 0 Å². The molecule has 1 amide bonds. The molecule has 3 nitrogen and oxygen atoms in total. The summed E-state index contributed by atoms with van der Waals surface area (Å²) in [7, 11) is 0. The third kappa shape index (κ3) is 3.56. The van der Waals surface area contributed by atoms with E-state index in [1.807, 2.05) is 0 Å². The van der Waals surface area contributed by atoms with Crippen LogP contribution in [0.3, 0.4) is 0 Å². The largest absolute Gasteiger partial charge is 0.342 e. The summed E-state index contributed by atoms with van der Waals surface area (Å²) < 4.78 is 0. The number of piperidine rings is 1. The molecule has 0 aromatic carbocycles. The van der Waals surface area contributed by atoms with Gasteiger partial charge in [-0.15, -0.1) is 12.4 Å². The van der Waals surface area contributed by atoms with E-state index in [2.05, 4.69) is 4.90 Å². The fourth-order valence-corrected chi connectivity index (χ4v) is 6.70. The Morgan fingerprint density at radius 1 is 1.09 bits per heavy atom. The molecule has 4 saturated carbocycles. The van der Waals surface area contributed by atoms with E-state index in [0.717, 1.165) is 50.2 Å². The Labute approximate surface area is 147 Å². The molecule has 0 aromatic heterocycles. The Kier molecular flexibility index (Phi) is 5.27. The van der Waals surface area contributed by atoms with Gasteiger partial charge in [-0.3, -0.25) is 4.79 Å². The maximum absolute atomic E-state index is 12.9. The predicted octanol–water partition coefficient (Wildman–Crippen LogP) is 3.60. The van der Waals surface area contributed by atoms with Crippen LogP contribution in [0.1, 0.15) is 64.2 Å². The number of nitrogens with two attached hydrogens (primary N) is 1. The predicted molar refractivity (Wildman–Crippen MR) is 95.4 cm³/mol. The number of hydrogen-bond donors (Lipinski definition) is 1. The van der Waals surface area contributed by atoms with Gasteiger partial charge in [0.25, 0.3) is 0 Å². The SMILES string of the molecule is Cl.NCCC1CCCN(C(=O)CC23CC4CC(CC(C4)C2)C3)C1. The first-order valence-corrected chi connectivity index (χ1v) is 9.64. The minimum absolute atomic E-state index is 0. The van der Waals surface area contributed by atoms with E-state index in [-0.39, 0.29) is 12.4 Å². The van der Waals surface area contributed by atoms with E-state index in [1.165, 1.54) is 51.4 Å². The van der Waals surface area contributed by atoms with Gasteiger partial charge in [-0.2, -0.15) is 0 Å². The zero-order valence-corrected chi connectivity index (χ0v) is 15.2. The van der Waals surface area contributed by atoms with Gasteiger partial charge >= 0.3 is 0 Å². The molecule has 1 atom stereocenters. The third-order valence-electron chi connectivity index (χ3n) is 7.14. The monoisotopic (exact) mass is 340 g/mol. The van der Waals surface area contributed by atoms with Gasteiger partial charge in [-0.05, 0) is 93.4 Å². The highest BCUT2D eigenvalue weighted by Gasteiger charge is 2.51. The van der Waals surface area contributed by atoms with Gasteiger partial charge in [-0.1, -0.05) is 0 Å². The fraction of sp³-hybridized carbons (Fsp3) is 0.947. The van der Waals surface area contributed by atoms with Crippen molar-refractivity contribution in [3.63, 3.8) is 0 Å². The Morgan fingerprint density at radius 2 is 1.70 bits per heavy atom. The second-order valence-corrected chi connectivity index (χ2v) is 9.02. The maximum Gasteiger partial charge on any atom is 0.223 e. The summed E-state index contributed by atoms with van der Waals surface area (Å²) in [4.78, 5) is 15.1. The number of halogens is 1. The van der Waals surface area contributed by atoms with Crippen molar-refractivity contribution in [2.24, 2.45) is 34.8 Å². The zero-order chi connectivity index (χ0) is 15.2. The summed E-state index contributed by atoms with van der Waals surface area (Å²) in [5.74, 6) is 3.96. The average Bonchev–Trinajstić information content (AvgIpc) is 2.46. The number of nitrogens with zero attached hydrogens (tertiary/aromatic N) is 1. The van der Waals surface area contributed by atoms with E-state index in [1.54, 1.807) is 0 Å². The molecule has 1 unspecified atom stereocenters. The van der Waals surface area contributed by atoms with Crippen LogP contribution in [-0.4, -0.2) is 30.4 Å². The quantitative estimate of drug-likeness (QED) is 0.849. The first kappa shape index (κ1) is 17.5. The summed E-state index contributed by atoms with van der Waals surface area (Å²) in [6, 6.07) is 0. The summed E-state index contributed by atoms with van der Waals surface area (Å²) in [6.45, 7) is 2.73. The summed E-state index contributed by atoms with van der Waals surface area (Å²) >= 11 is 0. The van der Waals surface area contributed by atoms with Gasteiger partial charge in [0.2, 0.25) is 5.91 Å². The molecule has 4 heteroatoms. The van der Waals surface area contributed by atoms with E-state index >= 15 is 0 Å². The Hall–Kier alpha value is -0.280. The lowest BCUT2D eigenvalue weighted by molar-refractivity contribution is -0.141.